The molecule has 1 aromatic rings. The number of carbonyl (C=O) groups excluding carboxylic acids is 1. The van der Waals surface area contributed by atoms with Gasteiger partial charge in [-0.2, -0.15) is 0 Å². The van der Waals surface area contributed by atoms with Crippen LogP contribution in [0.3, 0.4) is 0 Å². The summed E-state index contributed by atoms with van der Waals surface area (Å²) in [4.78, 5) is 14.4. The SMILES string of the molecule is CNCCC1CCN(C(=O)C(C)Oc2ccc(Cl)cc2Cl)CC1.Cl. The van der Waals surface area contributed by atoms with Crippen LogP contribution < -0.4 is 10.1 Å². The van der Waals surface area contributed by atoms with Gasteiger partial charge in [0.15, 0.2) is 6.10 Å². The number of nitrogens with zero attached hydrogens (tertiary/aromatic N) is 1. The number of hydrogen-bond acceptors (Lipinski definition) is 3. The predicted octanol–water partition coefficient (Wildman–Crippen LogP) is 4.03. The van der Waals surface area contributed by atoms with E-state index in [1.807, 2.05) is 11.9 Å². The van der Waals surface area contributed by atoms with Gasteiger partial charge in [0.1, 0.15) is 5.75 Å². The van der Waals surface area contributed by atoms with E-state index in [0.717, 1.165) is 32.5 Å². The first-order chi connectivity index (χ1) is 11.0. The molecule has 0 radical (unpaired) electrons. The molecule has 1 heterocycles. The average Bonchev–Trinajstić information content (AvgIpc) is 2.55. The third kappa shape index (κ3) is 5.99. The minimum absolute atomic E-state index is 0. The van der Waals surface area contributed by atoms with Crippen LogP contribution in [0.5, 0.6) is 5.75 Å². The number of halogens is 3. The molecule has 7 heteroatoms. The summed E-state index contributed by atoms with van der Waals surface area (Å²) in [6, 6.07) is 5.01. The maximum atomic E-state index is 12.5. The van der Waals surface area contributed by atoms with E-state index in [1.165, 1.54) is 6.42 Å². The van der Waals surface area contributed by atoms with Gasteiger partial charge in [-0.3, -0.25) is 4.79 Å². The molecule has 136 valence electrons. The number of ether oxygens (including phenoxy) is 1. The second-order valence-electron chi connectivity index (χ2n) is 6.00. The molecule has 1 amide bonds. The molecule has 24 heavy (non-hydrogen) atoms. The topological polar surface area (TPSA) is 41.6 Å². The number of benzene rings is 1. The van der Waals surface area contributed by atoms with Gasteiger partial charge in [0.2, 0.25) is 0 Å². The molecule has 1 atom stereocenters. The van der Waals surface area contributed by atoms with Crippen LogP contribution >= 0.6 is 35.6 Å². The first-order valence-corrected chi connectivity index (χ1v) is 8.82. The maximum absolute atomic E-state index is 12.5. The number of nitrogens with one attached hydrogen (secondary N) is 1. The monoisotopic (exact) mass is 394 g/mol. The average molecular weight is 396 g/mol. The third-order valence-electron chi connectivity index (χ3n) is 4.27. The van der Waals surface area contributed by atoms with Crippen LogP contribution in [0.25, 0.3) is 0 Å². The Labute approximate surface area is 160 Å². The van der Waals surface area contributed by atoms with Crippen molar-refractivity contribution in [2.24, 2.45) is 5.92 Å². The Morgan fingerprint density at radius 2 is 2.04 bits per heavy atom. The molecule has 0 spiro atoms. The van der Waals surface area contributed by atoms with Gasteiger partial charge in [0, 0.05) is 18.1 Å². The summed E-state index contributed by atoms with van der Waals surface area (Å²) >= 11 is 12.0. The molecule has 1 fully saturated rings. The van der Waals surface area contributed by atoms with E-state index in [9.17, 15) is 4.79 Å². The smallest absolute Gasteiger partial charge is 0.263 e. The van der Waals surface area contributed by atoms with Crippen LogP contribution in [-0.4, -0.2) is 43.6 Å². The van der Waals surface area contributed by atoms with Crippen molar-refractivity contribution in [2.45, 2.75) is 32.3 Å². The summed E-state index contributed by atoms with van der Waals surface area (Å²) in [5.41, 5.74) is 0. The highest BCUT2D eigenvalue weighted by Gasteiger charge is 2.27. The fraction of sp³-hybridized carbons (Fsp3) is 0.588. The highest BCUT2D eigenvalue weighted by atomic mass is 35.5. The summed E-state index contributed by atoms with van der Waals surface area (Å²) in [6.07, 6.45) is 2.73. The van der Waals surface area contributed by atoms with E-state index in [1.54, 1.807) is 25.1 Å². The number of hydrogen-bond donors (Lipinski definition) is 1. The zero-order valence-corrected chi connectivity index (χ0v) is 16.4. The normalized spacial score (nSPS) is 16.4. The summed E-state index contributed by atoms with van der Waals surface area (Å²) in [5.74, 6) is 1.21. The van der Waals surface area contributed by atoms with Crippen LogP contribution in [-0.2, 0) is 4.79 Å². The Kier molecular flexibility index (Phi) is 9.21. The van der Waals surface area contributed by atoms with E-state index in [-0.39, 0.29) is 18.3 Å². The molecule has 1 saturated heterocycles. The van der Waals surface area contributed by atoms with E-state index in [0.29, 0.717) is 21.7 Å². The number of piperidine rings is 1. The van der Waals surface area contributed by atoms with Gasteiger partial charge in [-0.1, -0.05) is 23.2 Å². The summed E-state index contributed by atoms with van der Waals surface area (Å²) < 4.78 is 5.72. The molecule has 1 aromatic carbocycles. The van der Waals surface area contributed by atoms with Gasteiger partial charge < -0.3 is 15.0 Å². The first-order valence-electron chi connectivity index (χ1n) is 8.06. The summed E-state index contributed by atoms with van der Waals surface area (Å²) in [5, 5.41) is 4.15. The van der Waals surface area contributed by atoms with Gasteiger partial charge in [-0.05, 0) is 63.9 Å². The van der Waals surface area contributed by atoms with Crippen LogP contribution in [0.1, 0.15) is 26.2 Å². The van der Waals surface area contributed by atoms with Crippen LogP contribution in [0, 0.1) is 5.92 Å². The molecule has 0 saturated carbocycles. The molecule has 0 bridgehead atoms. The van der Waals surface area contributed by atoms with Gasteiger partial charge >= 0.3 is 0 Å². The van der Waals surface area contributed by atoms with E-state index in [2.05, 4.69) is 5.32 Å². The number of rotatable bonds is 6. The van der Waals surface area contributed by atoms with Gasteiger partial charge in [-0.25, -0.2) is 0 Å². The quantitative estimate of drug-likeness (QED) is 0.790. The van der Waals surface area contributed by atoms with Crippen molar-refractivity contribution >= 4 is 41.5 Å². The zero-order valence-electron chi connectivity index (χ0n) is 14.1. The van der Waals surface area contributed by atoms with Crippen molar-refractivity contribution in [1.82, 2.24) is 10.2 Å². The Balaban J connectivity index is 0.00000288. The highest BCUT2D eigenvalue weighted by molar-refractivity contribution is 6.35. The fourth-order valence-corrected chi connectivity index (χ4v) is 3.31. The van der Waals surface area contributed by atoms with Crippen molar-refractivity contribution in [3.05, 3.63) is 28.2 Å². The third-order valence-corrected chi connectivity index (χ3v) is 4.80. The first kappa shape index (κ1) is 21.4. The lowest BCUT2D eigenvalue weighted by atomic mass is 9.93. The van der Waals surface area contributed by atoms with Gasteiger partial charge in [-0.15, -0.1) is 12.4 Å². The molecule has 1 aliphatic heterocycles. The lowest BCUT2D eigenvalue weighted by Crippen LogP contribution is -2.45. The number of carbonyl (C=O) groups is 1. The molecular weight excluding hydrogens is 371 g/mol. The van der Waals surface area contributed by atoms with Crippen molar-refractivity contribution in [1.29, 1.82) is 0 Å². The van der Waals surface area contributed by atoms with Gasteiger partial charge in [0.25, 0.3) is 5.91 Å². The van der Waals surface area contributed by atoms with Crippen molar-refractivity contribution in [3.8, 4) is 5.75 Å². The van der Waals surface area contributed by atoms with Crippen molar-refractivity contribution in [3.63, 3.8) is 0 Å². The lowest BCUT2D eigenvalue weighted by molar-refractivity contribution is -0.139. The molecule has 1 aliphatic rings. The molecule has 1 N–H and O–H groups in total. The van der Waals surface area contributed by atoms with Crippen molar-refractivity contribution < 1.29 is 9.53 Å². The van der Waals surface area contributed by atoms with Crippen LogP contribution in [0.4, 0.5) is 0 Å². The highest BCUT2D eigenvalue weighted by Crippen LogP contribution is 2.29. The second-order valence-corrected chi connectivity index (χ2v) is 6.84. The maximum Gasteiger partial charge on any atom is 0.263 e. The van der Waals surface area contributed by atoms with E-state index < -0.39 is 6.10 Å². The summed E-state index contributed by atoms with van der Waals surface area (Å²) in [7, 11) is 1.97. The fourth-order valence-electron chi connectivity index (χ4n) is 2.86. The molecule has 4 nitrogen and oxygen atoms in total. The van der Waals surface area contributed by atoms with E-state index >= 15 is 0 Å². The Morgan fingerprint density at radius 3 is 2.62 bits per heavy atom. The Morgan fingerprint density at radius 1 is 1.38 bits per heavy atom. The largest absolute Gasteiger partial charge is 0.479 e. The van der Waals surface area contributed by atoms with E-state index in [4.69, 9.17) is 27.9 Å². The Bertz CT molecular complexity index is 535. The number of amides is 1. The molecular formula is C17H25Cl3N2O2. The Hall–Kier alpha value is -0.680. The molecule has 0 aliphatic carbocycles. The zero-order chi connectivity index (χ0) is 16.8. The predicted molar refractivity (Wildman–Crippen MR) is 102 cm³/mol. The van der Waals surface area contributed by atoms with Gasteiger partial charge in [0.05, 0.1) is 5.02 Å². The molecule has 1 unspecified atom stereocenters. The minimum atomic E-state index is -0.553. The molecule has 2 rings (SSSR count). The second kappa shape index (κ2) is 10.3. The molecule has 0 aromatic heterocycles. The van der Waals surface area contributed by atoms with Crippen molar-refractivity contribution in [2.75, 3.05) is 26.7 Å². The number of likely N-dealkylation sites (tertiary alicyclic amines) is 1. The van der Waals surface area contributed by atoms with Crippen LogP contribution in [0.15, 0.2) is 18.2 Å². The minimum Gasteiger partial charge on any atom is -0.479 e. The lowest BCUT2D eigenvalue weighted by Gasteiger charge is -2.33. The summed E-state index contributed by atoms with van der Waals surface area (Å²) in [6.45, 7) is 4.40. The van der Waals surface area contributed by atoms with Crippen LogP contribution in [0.2, 0.25) is 10.0 Å². The standard InChI is InChI=1S/C17H24Cl2N2O2.ClH/c1-12(23-16-4-3-14(18)11-15(16)19)17(22)21-9-6-13(7-10-21)5-8-20-2;/h3-4,11-13,20H,5-10H2,1-2H3;1H.